The Morgan fingerprint density at radius 1 is 1.24 bits per heavy atom. The molecule has 0 aliphatic rings. The Hall–Kier alpha value is -2.92. The third kappa shape index (κ3) is 5.29. The molecule has 25 heavy (non-hydrogen) atoms. The topological polar surface area (TPSA) is 90.3 Å². The molecule has 0 aromatic heterocycles. The van der Waals surface area contributed by atoms with E-state index in [1.807, 2.05) is 6.07 Å². The van der Waals surface area contributed by atoms with Gasteiger partial charge in [-0.25, -0.2) is 12.8 Å². The van der Waals surface area contributed by atoms with Crippen molar-refractivity contribution in [1.82, 2.24) is 0 Å². The van der Waals surface area contributed by atoms with Gasteiger partial charge in [-0.05, 0) is 42.5 Å². The van der Waals surface area contributed by atoms with Gasteiger partial charge >= 0.3 is 0 Å². The summed E-state index contributed by atoms with van der Waals surface area (Å²) >= 11 is 0. The van der Waals surface area contributed by atoms with Crippen LogP contribution in [0, 0.1) is 17.1 Å². The van der Waals surface area contributed by atoms with E-state index in [0.29, 0.717) is 11.3 Å². The van der Waals surface area contributed by atoms with Crippen molar-refractivity contribution in [2.45, 2.75) is 6.42 Å². The van der Waals surface area contributed by atoms with E-state index in [-0.39, 0.29) is 18.7 Å². The summed E-state index contributed by atoms with van der Waals surface area (Å²) in [7, 11) is -3.62. The predicted molar refractivity (Wildman–Crippen MR) is 93.0 cm³/mol. The average molecular weight is 361 g/mol. The van der Waals surface area contributed by atoms with Crippen molar-refractivity contribution in [3.05, 3.63) is 59.9 Å². The van der Waals surface area contributed by atoms with E-state index in [4.69, 9.17) is 5.26 Å². The maximum Gasteiger partial charge on any atom is 0.232 e. The molecule has 2 aromatic rings. The molecule has 1 N–H and O–H groups in total. The number of nitrogens with zero attached hydrogens (tertiary/aromatic N) is 2. The Kier molecular flexibility index (Phi) is 5.72. The zero-order valence-corrected chi connectivity index (χ0v) is 14.3. The molecule has 0 fully saturated rings. The summed E-state index contributed by atoms with van der Waals surface area (Å²) in [4.78, 5) is 12.1. The summed E-state index contributed by atoms with van der Waals surface area (Å²) in [6.45, 7) is -0.0890. The van der Waals surface area contributed by atoms with Crippen LogP contribution in [-0.2, 0) is 14.8 Å². The molecule has 2 rings (SSSR count). The minimum Gasteiger partial charge on any atom is -0.326 e. The van der Waals surface area contributed by atoms with Crippen LogP contribution in [0.25, 0.3) is 0 Å². The number of carbonyl (C=O) groups excluding carboxylic acids is 1. The summed E-state index contributed by atoms with van der Waals surface area (Å²) in [6, 6.07) is 13.3. The van der Waals surface area contributed by atoms with Crippen LogP contribution in [0.4, 0.5) is 15.8 Å². The normalized spacial score (nSPS) is 10.8. The molecule has 0 aliphatic carbocycles. The Balaban J connectivity index is 2.06. The SMILES string of the molecule is CS(=O)(=O)N(CCC(=O)Nc1cccc(C#N)c1)c1ccc(F)cc1. The Labute approximate surface area is 145 Å². The first kappa shape index (κ1) is 18.4. The molecule has 8 heteroatoms. The van der Waals surface area contributed by atoms with Crippen molar-refractivity contribution < 1.29 is 17.6 Å². The summed E-state index contributed by atoms with van der Waals surface area (Å²) in [5, 5.41) is 11.5. The first-order valence-electron chi connectivity index (χ1n) is 7.33. The van der Waals surface area contributed by atoms with Gasteiger partial charge in [-0.3, -0.25) is 9.10 Å². The summed E-state index contributed by atoms with van der Waals surface area (Å²) in [5.41, 5.74) is 1.14. The van der Waals surface area contributed by atoms with E-state index in [9.17, 15) is 17.6 Å². The highest BCUT2D eigenvalue weighted by Crippen LogP contribution is 2.18. The second-order valence-electron chi connectivity index (χ2n) is 5.30. The Bertz CT molecular complexity index is 905. The molecule has 0 radical (unpaired) electrons. The van der Waals surface area contributed by atoms with Crippen molar-refractivity contribution in [3.63, 3.8) is 0 Å². The van der Waals surface area contributed by atoms with Gasteiger partial charge in [0, 0.05) is 18.7 Å². The van der Waals surface area contributed by atoms with Crippen molar-refractivity contribution >= 4 is 27.3 Å². The molecule has 130 valence electrons. The Morgan fingerprint density at radius 2 is 1.92 bits per heavy atom. The van der Waals surface area contributed by atoms with Crippen molar-refractivity contribution in [1.29, 1.82) is 5.26 Å². The van der Waals surface area contributed by atoms with E-state index in [1.54, 1.807) is 18.2 Å². The third-order valence-corrected chi connectivity index (χ3v) is 4.53. The Morgan fingerprint density at radius 3 is 2.52 bits per heavy atom. The minimum absolute atomic E-state index is 0.0890. The number of halogens is 1. The van der Waals surface area contributed by atoms with Crippen LogP contribution in [-0.4, -0.2) is 27.1 Å². The average Bonchev–Trinajstić information content (AvgIpc) is 2.55. The first-order valence-corrected chi connectivity index (χ1v) is 9.18. The number of rotatable bonds is 6. The molecule has 0 bridgehead atoms. The lowest BCUT2D eigenvalue weighted by atomic mass is 10.2. The van der Waals surface area contributed by atoms with Gasteiger partial charge in [0.1, 0.15) is 5.82 Å². The smallest absolute Gasteiger partial charge is 0.232 e. The van der Waals surface area contributed by atoms with Gasteiger partial charge in [0.25, 0.3) is 0 Å². The molecule has 0 spiro atoms. The fourth-order valence-corrected chi connectivity index (χ4v) is 3.11. The van der Waals surface area contributed by atoms with Crippen LogP contribution in [0.5, 0.6) is 0 Å². The molecule has 6 nitrogen and oxygen atoms in total. The molecule has 2 aromatic carbocycles. The van der Waals surface area contributed by atoms with E-state index in [0.717, 1.165) is 22.7 Å². The largest absolute Gasteiger partial charge is 0.326 e. The highest BCUT2D eigenvalue weighted by molar-refractivity contribution is 7.92. The van der Waals surface area contributed by atoms with E-state index in [1.165, 1.54) is 18.2 Å². The summed E-state index contributed by atoms with van der Waals surface area (Å²) < 4.78 is 37.9. The monoisotopic (exact) mass is 361 g/mol. The quantitative estimate of drug-likeness (QED) is 0.856. The third-order valence-electron chi connectivity index (χ3n) is 3.33. The molecule has 0 aliphatic heterocycles. The van der Waals surface area contributed by atoms with Crippen LogP contribution in [0.3, 0.4) is 0 Å². The molecular formula is C17H16FN3O3S. The van der Waals surface area contributed by atoms with Crippen LogP contribution in [0.2, 0.25) is 0 Å². The fraction of sp³-hybridized carbons (Fsp3) is 0.176. The van der Waals surface area contributed by atoms with Gasteiger partial charge in [0.05, 0.1) is 23.6 Å². The predicted octanol–water partition coefficient (Wildman–Crippen LogP) is 2.49. The number of hydrogen-bond donors (Lipinski definition) is 1. The lowest BCUT2D eigenvalue weighted by Gasteiger charge is -2.22. The molecule has 0 heterocycles. The maximum absolute atomic E-state index is 13.0. The fourth-order valence-electron chi connectivity index (χ4n) is 2.19. The highest BCUT2D eigenvalue weighted by Gasteiger charge is 2.18. The van der Waals surface area contributed by atoms with E-state index >= 15 is 0 Å². The molecular weight excluding hydrogens is 345 g/mol. The van der Waals surface area contributed by atoms with Crippen LogP contribution >= 0.6 is 0 Å². The van der Waals surface area contributed by atoms with Gasteiger partial charge in [0.2, 0.25) is 15.9 Å². The molecule has 0 unspecified atom stereocenters. The van der Waals surface area contributed by atoms with Crippen LogP contribution in [0.1, 0.15) is 12.0 Å². The van der Waals surface area contributed by atoms with Gasteiger partial charge in [-0.2, -0.15) is 5.26 Å². The first-order chi connectivity index (χ1) is 11.8. The number of amides is 1. The number of nitriles is 1. The second-order valence-corrected chi connectivity index (χ2v) is 7.21. The number of sulfonamides is 1. The molecule has 0 saturated carbocycles. The molecule has 0 saturated heterocycles. The highest BCUT2D eigenvalue weighted by atomic mass is 32.2. The lowest BCUT2D eigenvalue weighted by Crippen LogP contribution is -2.33. The van der Waals surface area contributed by atoms with Crippen molar-refractivity contribution in [2.75, 3.05) is 22.4 Å². The number of anilines is 2. The van der Waals surface area contributed by atoms with Gasteiger partial charge in [-0.15, -0.1) is 0 Å². The zero-order valence-electron chi connectivity index (χ0n) is 13.4. The molecule has 0 atom stereocenters. The number of benzene rings is 2. The summed E-state index contributed by atoms with van der Waals surface area (Å²) in [6.07, 6.45) is 0.922. The minimum atomic E-state index is -3.62. The lowest BCUT2D eigenvalue weighted by molar-refractivity contribution is -0.116. The van der Waals surface area contributed by atoms with Crippen LogP contribution < -0.4 is 9.62 Å². The number of nitrogens with one attached hydrogen (secondary N) is 1. The second kappa shape index (κ2) is 7.77. The number of hydrogen-bond acceptors (Lipinski definition) is 4. The van der Waals surface area contributed by atoms with Gasteiger partial charge in [-0.1, -0.05) is 6.07 Å². The van der Waals surface area contributed by atoms with Crippen LogP contribution in [0.15, 0.2) is 48.5 Å². The summed E-state index contributed by atoms with van der Waals surface area (Å²) in [5.74, 6) is -0.877. The molecule has 1 amide bonds. The maximum atomic E-state index is 13.0. The standard InChI is InChI=1S/C17H16FN3O3S/c1-25(23,24)21(16-7-5-14(18)6-8-16)10-9-17(22)20-15-4-2-3-13(11-15)12-19/h2-8,11H,9-10H2,1H3,(H,20,22). The van der Waals surface area contributed by atoms with Gasteiger partial charge in [0.15, 0.2) is 0 Å². The van der Waals surface area contributed by atoms with Gasteiger partial charge < -0.3 is 5.32 Å². The van der Waals surface area contributed by atoms with E-state index in [2.05, 4.69) is 5.32 Å². The zero-order chi connectivity index (χ0) is 18.4. The van der Waals surface area contributed by atoms with Crippen molar-refractivity contribution in [3.8, 4) is 6.07 Å². The van der Waals surface area contributed by atoms with E-state index < -0.39 is 21.7 Å². The number of carbonyl (C=O) groups is 1. The van der Waals surface area contributed by atoms with Crippen molar-refractivity contribution in [2.24, 2.45) is 0 Å².